The van der Waals surface area contributed by atoms with Crippen molar-refractivity contribution in [3.05, 3.63) is 65.3 Å². The predicted molar refractivity (Wildman–Crippen MR) is 81.2 cm³/mol. The molecule has 0 aliphatic rings. The van der Waals surface area contributed by atoms with Gasteiger partial charge >= 0.3 is 0 Å². The summed E-state index contributed by atoms with van der Waals surface area (Å²) in [7, 11) is 0. The average molecular weight is 285 g/mol. The van der Waals surface area contributed by atoms with Crippen molar-refractivity contribution in [2.45, 2.75) is 6.54 Å². The molecule has 0 radical (unpaired) electrons. The lowest BCUT2D eigenvalue weighted by Crippen LogP contribution is -1.97. The first-order valence-electron chi connectivity index (χ1n) is 6.28. The van der Waals surface area contributed by atoms with Gasteiger partial charge in [0.2, 0.25) is 5.88 Å². The van der Waals surface area contributed by atoms with E-state index in [0.29, 0.717) is 23.2 Å². The van der Waals surface area contributed by atoms with Crippen LogP contribution in [0.1, 0.15) is 5.56 Å². The largest absolute Gasteiger partial charge is 0.438 e. The van der Waals surface area contributed by atoms with Crippen molar-refractivity contribution in [1.82, 2.24) is 4.98 Å². The van der Waals surface area contributed by atoms with E-state index in [-0.39, 0.29) is 0 Å². The number of nitrogens with two attached hydrogens (primary N) is 1. The highest BCUT2D eigenvalue weighted by Crippen LogP contribution is 2.29. The molecule has 1 heterocycles. The minimum atomic E-state index is 0.408. The maximum atomic E-state index is 6.13. The van der Waals surface area contributed by atoms with E-state index < -0.39 is 0 Å². The van der Waals surface area contributed by atoms with Gasteiger partial charge in [-0.1, -0.05) is 35.9 Å². The molecule has 0 atom stereocenters. The number of ether oxygens (including phenoxy) is 1. The van der Waals surface area contributed by atoms with Gasteiger partial charge in [0.1, 0.15) is 5.75 Å². The topological polar surface area (TPSA) is 48.1 Å². The summed E-state index contributed by atoms with van der Waals surface area (Å²) in [5, 5.41) is 2.65. The van der Waals surface area contributed by atoms with E-state index in [1.807, 2.05) is 42.5 Å². The van der Waals surface area contributed by atoms with Crippen LogP contribution in [0.3, 0.4) is 0 Å². The highest BCUT2D eigenvalue weighted by Gasteiger charge is 2.06. The van der Waals surface area contributed by atoms with Gasteiger partial charge in [0, 0.05) is 23.2 Å². The van der Waals surface area contributed by atoms with Crippen molar-refractivity contribution in [2.24, 2.45) is 5.73 Å². The Morgan fingerprint density at radius 1 is 1.10 bits per heavy atom. The monoisotopic (exact) mass is 284 g/mol. The molecule has 3 rings (SSSR count). The third kappa shape index (κ3) is 2.46. The molecular formula is C16H13ClN2O. The van der Waals surface area contributed by atoms with Crippen LogP contribution in [-0.2, 0) is 6.54 Å². The fourth-order valence-electron chi connectivity index (χ4n) is 2.04. The first kappa shape index (κ1) is 12.9. The van der Waals surface area contributed by atoms with E-state index in [1.165, 1.54) is 0 Å². The molecule has 0 aliphatic carbocycles. The molecule has 1 aromatic heterocycles. The lowest BCUT2D eigenvalue weighted by Gasteiger charge is -2.09. The smallest absolute Gasteiger partial charge is 0.227 e. The molecule has 3 aromatic rings. The molecule has 0 bridgehead atoms. The first-order valence-corrected chi connectivity index (χ1v) is 6.66. The number of hydrogen-bond donors (Lipinski definition) is 1. The quantitative estimate of drug-likeness (QED) is 0.786. The van der Waals surface area contributed by atoms with Crippen LogP contribution in [-0.4, -0.2) is 4.98 Å². The second-order valence-electron chi connectivity index (χ2n) is 4.40. The summed E-state index contributed by atoms with van der Waals surface area (Å²) in [6.07, 6.45) is 1.73. The Hall–Kier alpha value is -2.10. The third-order valence-electron chi connectivity index (χ3n) is 3.10. The maximum absolute atomic E-state index is 6.13. The number of hydrogen-bond acceptors (Lipinski definition) is 3. The number of nitrogens with zero attached hydrogens (tertiary/aromatic N) is 1. The summed E-state index contributed by atoms with van der Waals surface area (Å²) >= 11 is 6.13. The zero-order valence-corrected chi connectivity index (χ0v) is 11.5. The molecule has 100 valence electrons. The second-order valence-corrected chi connectivity index (χ2v) is 4.80. The van der Waals surface area contributed by atoms with Crippen LogP contribution in [0.15, 0.2) is 54.7 Å². The zero-order valence-electron chi connectivity index (χ0n) is 10.7. The van der Waals surface area contributed by atoms with Crippen molar-refractivity contribution in [3.8, 4) is 11.6 Å². The Kier molecular flexibility index (Phi) is 3.54. The van der Waals surface area contributed by atoms with E-state index in [4.69, 9.17) is 22.1 Å². The molecule has 0 aliphatic heterocycles. The minimum Gasteiger partial charge on any atom is -0.438 e. The summed E-state index contributed by atoms with van der Waals surface area (Å²) in [4.78, 5) is 4.28. The number of pyridine rings is 1. The SMILES string of the molecule is NCc1ccc(Oc2nccc3ccccc23)cc1Cl. The van der Waals surface area contributed by atoms with Crippen molar-refractivity contribution >= 4 is 22.4 Å². The summed E-state index contributed by atoms with van der Waals surface area (Å²) in [6.45, 7) is 0.408. The van der Waals surface area contributed by atoms with Gasteiger partial charge in [-0.2, -0.15) is 0 Å². The molecule has 20 heavy (non-hydrogen) atoms. The molecule has 0 saturated carbocycles. The lowest BCUT2D eigenvalue weighted by molar-refractivity contribution is 0.469. The number of halogens is 1. The number of benzene rings is 2. The molecule has 2 N–H and O–H groups in total. The maximum Gasteiger partial charge on any atom is 0.227 e. The van der Waals surface area contributed by atoms with Gasteiger partial charge in [-0.05, 0) is 35.2 Å². The van der Waals surface area contributed by atoms with Crippen LogP contribution >= 0.6 is 11.6 Å². The molecular weight excluding hydrogens is 272 g/mol. The summed E-state index contributed by atoms with van der Waals surface area (Å²) in [6, 6.07) is 15.4. The van der Waals surface area contributed by atoms with Crippen molar-refractivity contribution < 1.29 is 4.74 Å². The lowest BCUT2D eigenvalue weighted by atomic mass is 10.2. The van der Waals surface area contributed by atoms with Gasteiger partial charge in [0.15, 0.2) is 0 Å². The van der Waals surface area contributed by atoms with Crippen LogP contribution < -0.4 is 10.5 Å². The Bertz CT molecular complexity index is 753. The van der Waals surface area contributed by atoms with Gasteiger partial charge in [0.05, 0.1) is 0 Å². The van der Waals surface area contributed by atoms with Gasteiger partial charge in [-0.15, -0.1) is 0 Å². The van der Waals surface area contributed by atoms with E-state index in [2.05, 4.69) is 4.98 Å². The van der Waals surface area contributed by atoms with Crippen molar-refractivity contribution in [2.75, 3.05) is 0 Å². The molecule has 0 spiro atoms. The highest BCUT2D eigenvalue weighted by molar-refractivity contribution is 6.31. The Morgan fingerprint density at radius 2 is 1.95 bits per heavy atom. The van der Waals surface area contributed by atoms with Crippen LogP contribution in [0.5, 0.6) is 11.6 Å². The molecule has 0 fully saturated rings. The highest BCUT2D eigenvalue weighted by atomic mass is 35.5. The standard InChI is InChI=1S/C16H13ClN2O/c17-15-9-13(6-5-12(15)10-18)20-16-14-4-2-1-3-11(14)7-8-19-16/h1-9H,10,18H2. The van der Waals surface area contributed by atoms with Crippen LogP contribution in [0.2, 0.25) is 5.02 Å². The molecule has 4 heteroatoms. The number of fused-ring (bicyclic) bond motifs is 1. The zero-order chi connectivity index (χ0) is 13.9. The van der Waals surface area contributed by atoms with Crippen molar-refractivity contribution in [1.29, 1.82) is 0 Å². The summed E-state index contributed by atoms with van der Waals surface area (Å²) in [5.41, 5.74) is 6.48. The van der Waals surface area contributed by atoms with Crippen LogP contribution in [0.4, 0.5) is 0 Å². The van der Waals surface area contributed by atoms with Gasteiger partial charge in [0.25, 0.3) is 0 Å². The van der Waals surface area contributed by atoms with E-state index >= 15 is 0 Å². The Labute approximate surface area is 122 Å². The van der Waals surface area contributed by atoms with Gasteiger partial charge < -0.3 is 10.5 Å². The number of aromatic nitrogens is 1. The van der Waals surface area contributed by atoms with E-state index in [1.54, 1.807) is 12.3 Å². The van der Waals surface area contributed by atoms with E-state index in [0.717, 1.165) is 16.3 Å². The summed E-state index contributed by atoms with van der Waals surface area (Å²) < 4.78 is 5.84. The number of rotatable bonds is 3. The third-order valence-corrected chi connectivity index (χ3v) is 3.45. The molecule has 0 amide bonds. The fourth-order valence-corrected chi connectivity index (χ4v) is 2.29. The predicted octanol–water partition coefficient (Wildman–Crippen LogP) is 4.14. The molecule has 2 aromatic carbocycles. The fraction of sp³-hybridized carbons (Fsp3) is 0.0625. The Morgan fingerprint density at radius 3 is 2.75 bits per heavy atom. The first-order chi connectivity index (χ1) is 9.78. The molecule has 3 nitrogen and oxygen atoms in total. The van der Waals surface area contributed by atoms with E-state index in [9.17, 15) is 0 Å². The van der Waals surface area contributed by atoms with Gasteiger partial charge in [-0.25, -0.2) is 4.98 Å². The average Bonchev–Trinajstić information content (AvgIpc) is 2.48. The second kappa shape index (κ2) is 5.49. The van der Waals surface area contributed by atoms with Crippen molar-refractivity contribution in [3.63, 3.8) is 0 Å². The van der Waals surface area contributed by atoms with Crippen LogP contribution in [0, 0.1) is 0 Å². The summed E-state index contributed by atoms with van der Waals surface area (Å²) in [5.74, 6) is 1.22. The normalized spacial score (nSPS) is 10.7. The Balaban J connectivity index is 1.99. The van der Waals surface area contributed by atoms with Crippen LogP contribution in [0.25, 0.3) is 10.8 Å². The minimum absolute atomic E-state index is 0.408. The molecule has 0 saturated heterocycles. The molecule has 0 unspecified atom stereocenters. The van der Waals surface area contributed by atoms with Gasteiger partial charge in [-0.3, -0.25) is 0 Å².